The smallest absolute Gasteiger partial charge is 0.303 e. The van der Waals surface area contributed by atoms with Crippen LogP contribution in [-0.2, 0) is 9.59 Å². The zero-order chi connectivity index (χ0) is 11.4. The molecule has 0 aromatic heterocycles. The van der Waals surface area contributed by atoms with Crippen LogP contribution in [0.5, 0.6) is 0 Å². The lowest BCUT2D eigenvalue weighted by Gasteiger charge is -2.14. The van der Waals surface area contributed by atoms with E-state index in [1.165, 1.54) is 16.7 Å². The minimum atomic E-state index is -0.841. The summed E-state index contributed by atoms with van der Waals surface area (Å²) < 4.78 is 0.581. The molecule has 6 heteroatoms. The van der Waals surface area contributed by atoms with Gasteiger partial charge in [-0.25, -0.2) is 0 Å². The van der Waals surface area contributed by atoms with Crippen molar-refractivity contribution in [1.29, 1.82) is 0 Å². The summed E-state index contributed by atoms with van der Waals surface area (Å²) in [4.78, 5) is 23.5. The Balaban J connectivity index is 2.44. The van der Waals surface area contributed by atoms with Gasteiger partial charge in [0.15, 0.2) is 0 Å². The lowest BCUT2D eigenvalue weighted by molar-refractivity contribution is -0.137. The SMILES string of the molecule is CC[C@H]1SC(=S)N(CCCC(=O)O)C1=O. The number of thioether (sulfide) groups is 1. The van der Waals surface area contributed by atoms with Crippen LogP contribution in [0.15, 0.2) is 0 Å². The summed E-state index contributed by atoms with van der Waals surface area (Å²) in [6.45, 7) is 2.37. The number of hydrogen-bond donors (Lipinski definition) is 1. The van der Waals surface area contributed by atoms with Gasteiger partial charge in [0, 0.05) is 13.0 Å². The number of carbonyl (C=O) groups is 2. The molecular formula is C9H13NO3S2. The number of nitrogens with zero attached hydrogens (tertiary/aromatic N) is 1. The van der Waals surface area contributed by atoms with Crippen LogP contribution in [0.3, 0.4) is 0 Å². The molecular weight excluding hydrogens is 234 g/mol. The molecule has 0 unspecified atom stereocenters. The average molecular weight is 247 g/mol. The van der Waals surface area contributed by atoms with Crippen molar-refractivity contribution in [3.8, 4) is 0 Å². The van der Waals surface area contributed by atoms with Crippen LogP contribution < -0.4 is 0 Å². The standard InChI is InChI=1S/C9H13NO3S2/c1-2-6-8(13)10(9(14)15-6)5-3-4-7(11)12/h6H,2-5H2,1H3,(H,11,12)/t6-/m1/s1. The van der Waals surface area contributed by atoms with Crippen molar-refractivity contribution in [2.24, 2.45) is 0 Å². The third-order valence-corrected chi connectivity index (χ3v) is 3.90. The van der Waals surface area contributed by atoms with Crippen molar-refractivity contribution in [1.82, 2.24) is 4.90 Å². The number of carbonyl (C=O) groups excluding carboxylic acids is 1. The first-order valence-corrected chi connectivity index (χ1v) is 6.08. The molecule has 1 aliphatic rings. The zero-order valence-corrected chi connectivity index (χ0v) is 10.1. The molecule has 84 valence electrons. The number of carboxylic acids is 1. The minimum absolute atomic E-state index is 0.0258. The highest BCUT2D eigenvalue weighted by molar-refractivity contribution is 8.24. The zero-order valence-electron chi connectivity index (χ0n) is 8.43. The number of thiocarbonyl (C=S) groups is 1. The molecule has 1 heterocycles. The number of carboxylic acid groups (broad SMARTS) is 1. The van der Waals surface area contributed by atoms with E-state index in [-0.39, 0.29) is 17.6 Å². The molecule has 15 heavy (non-hydrogen) atoms. The number of amides is 1. The first-order valence-electron chi connectivity index (χ1n) is 4.80. The largest absolute Gasteiger partial charge is 0.481 e. The van der Waals surface area contributed by atoms with Crippen LogP contribution in [0.1, 0.15) is 26.2 Å². The van der Waals surface area contributed by atoms with Gasteiger partial charge in [-0.15, -0.1) is 0 Å². The summed E-state index contributed by atoms with van der Waals surface area (Å²) >= 11 is 6.46. The Labute approximate surface area is 98.0 Å². The molecule has 0 bridgehead atoms. The fraction of sp³-hybridized carbons (Fsp3) is 0.667. The van der Waals surface area contributed by atoms with Crippen molar-refractivity contribution in [2.75, 3.05) is 6.54 Å². The van der Waals surface area contributed by atoms with Gasteiger partial charge in [-0.2, -0.15) is 0 Å². The maximum Gasteiger partial charge on any atom is 0.303 e. The topological polar surface area (TPSA) is 57.6 Å². The van der Waals surface area contributed by atoms with Gasteiger partial charge < -0.3 is 5.11 Å². The highest BCUT2D eigenvalue weighted by atomic mass is 32.2. The maximum absolute atomic E-state index is 11.7. The van der Waals surface area contributed by atoms with E-state index in [2.05, 4.69) is 0 Å². The van der Waals surface area contributed by atoms with Crippen molar-refractivity contribution in [3.63, 3.8) is 0 Å². The van der Waals surface area contributed by atoms with E-state index in [1.807, 2.05) is 6.92 Å². The minimum Gasteiger partial charge on any atom is -0.481 e. The third kappa shape index (κ3) is 3.17. The van der Waals surface area contributed by atoms with Crippen LogP contribution in [0.25, 0.3) is 0 Å². The van der Waals surface area contributed by atoms with Crippen LogP contribution in [0.2, 0.25) is 0 Å². The van der Waals surface area contributed by atoms with E-state index in [9.17, 15) is 9.59 Å². The molecule has 0 aromatic rings. The quantitative estimate of drug-likeness (QED) is 0.746. The van der Waals surface area contributed by atoms with Crippen molar-refractivity contribution in [3.05, 3.63) is 0 Å². The van der Waals surface area contributed by atoms with Gasteiger partial charge in [0.1, 0.15) is 4.32 Å². The molecule has 0 aromatic carbocycles. The summed E-state index contributed by atoms with van der Waals surface area (Å²) in [6, 6.07) is 0. The Bertz CT molecular complexity index is 293. The molecule has 0 aliphatic carbocycles. The molecule has 1 aliphatic heterocycles. The first-order chi connectivity index (χ1) is 7.06. The fourth-order valence-electron chi connectivity index (χ4n) is 1.35. The van der Waals surface area contributed by atoms with Gasteiger partial charge in [-0.1, -0.05) is 30.9 Å². The van der Waals surface area contributed by atoms with Crippen molar-refractivity contribution in [2.45, 2.75) is 31.4 Å². The molecule has 0 saturated carbocycles. The predicted octanol–water partition coefficient (Wildman–Crippen LogP) is 1.49. The number of aliphatic carboxylic acids is 1. The van der Waals surface area contributed by atoms with Gasteiger partial charge >= 0.3 is 5.97 Å². The summed E-state index contributed by atoms with van der Waals surface area (Å²) in [5.74, 6) is -0.815. The summed E-state index contributed by atoms with van der Waals surface area (Å²) in [5, 5.41) is 8.41. The van der Waals surface area contributed by atoms with Crippen molar-refractivity contribution >= 4 is 40.2 Å². The summed E-state index contributed by atoms with van der Waals surface area (Å²) in [5.41, 5.74) is 0. The second-order valence-corrected chi connectivity index (χ2v) is 5.10. The third-order valence-electron chi connectivity index (χ3n) is 2.15. The van der Waals surface area contributed by atoms with E-state index in [1.54, 1.807) is 0 Å². The Morgan fingerprint density at radius 3 is 2.80 bits per heavy atom. The Kier molecular flexibility index (Phi) is 4.53. The second-order valence-electron chi connectivity index (χ2n) is 3.27. The van der Waals surface area contributed by atoms with Gasteiger partial charge in [0.25, 0.3) is 0 Å². The monoisotopic (exact) mass is 247 g/mol. The highest BCUT2D eigenvalue weighted by Gasteiger charge is 2.34. The lowest BCUT2D eigenvalue weighted by Crippen LogP contribution is -2.32. The Morgan fingerprint density at radius 1 is 1.67 bits per heavy atom. The lowest BCUT2D eigenvalue weighted by atomic mass is 10.2. The van der Waals surface area contributed by atoms with Gasteiger partial charge in [0.05, 0.1) is 5.25 Å². The van der Waals surface area contributed by atoms with Gasteiger partial charge in [0.2, 0.25) is 5.91 Å². The van der Waals surface area contributed by atoms with Crippen LogP contribution in [0, 0.1) is 0 Å². The number of rotatable bonds is 5. The van der Waals surface area contributed by atoms with E-state index in [0.29, 0.717) is 17.3 Å². The van der Waals surface area contributed by atoms with E-state index in [0.717, 1.165) is 6.42 Å². The molecule has 1 rings (SSSR count). The Hall–Kier alpha value is -0.620. The van der Waals surface area contributed by atoms with E-state index in [4.69, 9.17) is 17.3 Å². The fourth-order valence-corrected chi connectivity index (χ4v) is 2.82. The molecule has 1 fully saturated rings. The first kappa shape index (κ1) is 12.4. The maximum atomic E-state index is 11.7. The molecule has 1 atom stereocenters. The summed E-state index contributed by atoms with van der Waals surface area (Å²) in [6.07, 6.45) is 1.30. The molecule has 1 N–H and O–H groups in total. The second kappa shape index (κ2) is 5.46. The summed E-state index contributed by atoms with van der Waals surface area (Å²) in [7, 11) is 0. The van der Waals surface area contributed by atoms with Gasteiger partial charge in [-0.05, 0) is 12.8 Å². The predicted molar refractivity (Wildman–Crippen MR) is 62.9 cm³/mol. The molecule has 0 spiro atoms. The highest BCUT2D eigenvalue weighted by Crippen LogP contribution is 2.29. The van der Waals surface area contributed by atoms with Crippen LogP contribution in [0.4, 0.5) is 0 Å². The molecule has 0 radical (unpaired) electrons. The van der Waals surface area contributed by atoms with Gasteiger partial charge in [-0.3, -0.25) is 14.5 Å². The molecule has 1 saturated heterocycles. The average Bonchev–Trinajstić information content (AvgIpc) is 2.44. The number of hydrogen-bond acceptors (Lipinski definition) is 4. The van der Waals surface area contributed by atoms with Crippen LogP contribution >= 0.6 is 24.0 Å². The van der Waals surface area contributed by atoms with E-state index >= 15 is 0 Å². The Morgan fingerprint density at radius 2 is 2.33 bits per heavy atom. The van der Waals surface area contributed by atoms with E-state index < -0.39 is 5.97 Å². The normalized spacial score (nSPS) is 21.1. The van der Waals surface area contributed by atoms with Crippen molar-refractivity contribution < 1.29 is 14.7 Å². The van der Waals surface area contributed by atoms with Crippen LogP contribution in [-0.4, -0.2) is 38.0 Å². The molecule has 1 amide bonds. The molecule has 4 nitrogen and oxygen atoms in total.